The van der Waals surface area contributed by atoms with E-state index in [1.807, 2.05) is 27.7 Å². The molecule has 2 aromatic rings. The fourth-order valence-electron chi connectivity index (χ4n) is 2.30. The second-order valence-electron chi connectivity index (χ2n) is 4.68. The van der Waals surface area contributed by atoms with E-state index in [1.165, 1.54) is 4.52 Å². The second kappa shape index (κ2) is 8.51. The highest BCUT2D eigenvalue weighted by molar-refractivity contribution is 5.93. The summed E-state index contributed by atoms with van der Waals surface area (Å²) in [6.45, 7) is 11.7. The van der Waals surface area contributed by atoms with Gasteiger partial charge in [0, 0.05) is 13.1 Å². The van der Waals surface area contributed by atoms with Crippen LogP contribution >= 0.6 is 0 Å². The van der Waals surface area contributed by atoms with Crippen LogP contribution in [0.1, 0.15) is 51.5 Å². The van der Waals surface area contributed by atoms with Crippen molar-refractivity contribution in [3.8, 4) is 0 Å². The van der Waals surface area contributed by atoms with E-state index in [2.05, 4.69) is 12.0 Å². The molecule has 1 saturated heterocycles. The Morgan fingerprint density at radius 2 is 1.91 bits per heavy atom. The minimum Gasteiger partial charge on any atom is -0.337 e. The maximum absolute atomic E-state index is 13.4. The first-order chi connectivity index (χ1) is 10.7. The zero-order valence-corrected chi connectivity index (χ0v) is 14.1. The first-order valence-electron chi connectivity index (χ1n) is 8.12. The van der Waals surface area contributed by atoms with E-state index in [0.29, 0.717) is 17.1 Å². The average Bonchev–Trinajstić information content (AvgIpc) is 2.92. The Morgan fingerprint density at radius 3 is 2.50 bits per heavy atom. The molecule has 3 rings (SSSR count). The van der Waals surface area contributed by atoms with Gasteiger partial charge >= 0.3 is 0 Å². The normalized spacial score (nSPS) is 13.6. The van der Waals surface area contributed by atoms with Crippen LogP contribution in [-0.2, 0) is 0 Å². The third kappa shape index (κ3) is 3.46. The lowest BCUT2D eigenvalue weighted by Gasteiger charge is -2.38. The van der Waals surface area contributed by atoms with E-state index in [9.17, 15) is 9.18 Å². The van der Waals surface area contributed by atoms with Crippen LogP contribution in [0.4, 0.5) is 4.39 Å². The molecule has 0 spiro atoms. The first-order valence-corrected chi connectivity index (χ1v) is 8.12. The number of pyridine rings is 1. The number of halogens is 1. The van der Waals surface area contributed by atoms with Crippen LogP contribution in [0.15, 0.2) is 24.4 Å². The Morgan fingerprint density at radius 1 is 1.27 bits per heavy atom. The van der Waals surface area contributed by atoms with Gasteiger partial charge in [0.2, 0.25) is 0 Å². The maximum Gasteiger partial charge on any atom is 0.272 e. The zero-order valence-electron chi connectivity index (χ0n) is 14.1. The summed E-state index contributed by atoms with van der Waals surface area (Å²) < 4.78 is 14.8. The molecule has 1 fully saturated rings. The molecular weight excluding hydrogens is 281 g/mol. The smallest absolute Gasteiger partial charge is 0.272 e. The molecule has 1 aliphatic heterocycles. The second-order valence-corrected chi connectivity index (χ2v) is 4.68. The number of aromatic nitrogens is 2. The molecule has 0 bridgehead atoms. The van der Waals surface area contributed by atoms with Crippen molar-refractivity contribution >= 4 is 11.4 Å². The van der Waals surface area contributed by atoms with Gasteiger partial charge in [-0.05, 0) is 24.5 Å². The van der Waals surface area contributed by atoms with E-state index in [0.717, 1.165) is 25.7 Å². The highest BCUT2D eigenvalue weighted by Crippen LogP contribution is 2.21. The van der Waals surface area contributed by atoms with Crippen molar-refractivity contribution in [2.45, 2.75) is 41.0 Å². The van der Waals surface area contributed by atoms with E-state index in [4.69, 9.17) is 0 Å². The van der Waals surface area contributed by atoms with Crippen molar-refractivity contribution in [1.82, 2.24) is 14.5 Å². The Labute approximate surface area is 131 Å². The monoisotopic (exact) mass is 307 g/mol. The average molecular weight is 307 g/mol. The number of nitrogens with zero attached hydrogens (tertiary/aromatic N) is 3. The highest BCUT2D eigenvalue weighted by Gasteiger charge is 2.31. The van der Waals surface area contributed by atoms with Gasteiger partial charge in [0.25, 0.3) is 5.91 Å². The Kier molecular flexibility index (Phi) is 7.02. The fourth-order valence-corrected chi connectivity index (χ4v) is 2.30. The number of fused-ring (bicyclic) bond motifs is 1. The summed E-state index contributed by atoms with van der Waals surface area (Å²) in [6, 6.07) is 4.98. The third-order valence-corrected chi connectivity index (χ3v) is 3.54. The molecule has 0 saturated carbocycles. The predicted molar refractivity (Wildman–Crippen MR) is 87.5 cm³/mol. The van der Waals surface area contributed by atoms with Crippen molar-refractivity contribution < 1.29 is 9.18 Å². The molecule has 22 heavy (non-hydrogen) atoms. The van der Waals surface area contributed by atoms with Gasteiger partial charge < -0.3 is 4.90 Å². The van der Waals surface area contributed by atoms with Crippen molar-refractivity contribution in [2.24, 2.45) is 5.92 Å². The lowest BCUT2D eigenvalue weighted by molar-refractivity contribution is 0.0485. The Hall–Kier alpha value is -1.91. The summed E-state index contributed by atoms with van der Waals surface area (Å²) in [5.74, 6) is 0.121. The topological polar surface area (TPSA) is 37.6 Å². The molecule has 1 aliphatic rings. The van der Waals surface area contributed by atoms with Gasteiger partial charge in [-0.1, -0.05) is 40.7 Å². The van der Waals surface area contributed by atoms with E-state index in [-0.39, 0.29) is 5.91 Å². The van der Waals surface area contributed by atoms with Crippen molar-refractivity contribution in [3.05, 3.63) is 35.9 Å². The van der Waals surface area contributed by atoms with E-state index >= 15 is 0 Å². The molecule has 1 amide bonds. The van der Waals surface area contributed by atoms with Crippen LogP contribution in [0.5, 0.6) is 0 Å². The van der Waals surface area contributed by atoms with Crippen LogP contribution in [-0.4, -0.2) is 33.5 Å². The zero-order chi connectivity index (χ0) is 16.7. The third-order valence-electron chi connectivity index (χ3n) is 3.54. The number of likely N-dealkylation sites (tertiary alicyclic amines) is 1. The van der Waals surface area contributed by atoms with Gasteiger partial charge in [-0.3, -0.25) is 4.79 Å². The molecule has 0 aliphatic carbocycles. The Bertz CT molecular complexity index is 603. The van der Waals surface area contributed by atoms with Gasteiger partial charge in [0.1, 0.15) is 11.2 Å². The minimum absolute atomic E-state index is 0.0756. The number of carbonyl (C=O) groups excluding carboxylic acids is 1. The number of carbonyl (C=O) groups is 1. The van der Waals surface area contributed by atoms with Crippen LogP contribution in [0.3, 0.4) is 0 Å². The molecule has 0 atom stereocenters. The van der Waals surface area contributed by atoms with Crippen LogP contribution in [0.25, 0.3) is 5.52 Å². The SMILES string of the molecule is CC.CC.CCC1CN(C(=O)c2cccc3c(F)cnn23)C1. The molecule has 4 nitrogen and oxygen atoms in total. The Balaban J connectivity index is 0.000000561. The number of rotatable bonds is 2. The quantitative estimate of drug-likeness (QED) is 0.840. The summed E-state index contributed by atoms with van der Waals surface area (Å²) in [6.07, 6.45) is 2.22. The van der Waals surface area contributed by atoms with Crippen molar-refractivity contribution in [3.63, 3.8) is 0 Å². The summed E-state index contributed by atoms with van der Waals surface area (Å²) in [7, 11) is 0. The van der Waals surface area contributed by atoms with Gasteiger partial charge in [0.05, 0.1) is 6.20 Å². The molecule has 2 aromatic heterocycles. The van der Waals surface area contributed by atoms with Gasteiger partial charge in [-0.15, -0.1) is 0 Å². The van der Waals surface area contributed by atoms with Crippen molar-refractivity contribution in [1.29, 1.82) is 0 Å². The first kappa shape index (κ1) is 18.1. The lowest BCUT2D eigenvalue weighted by atomic mass is 9.97. The number of amides is 1. The largest absolute Gasteiger partial charge is 0.337 e. The molecule has 0 radical (unpaired) electrons. The highest BCUT2D eigenvalue weighted by atomic mass is 19.1. The van der Waals surface area contributed by atoms with Crippen molar-refractivity contribution in [2.75, 3.05) is 13.1 Å². The van der Waals surface area contributed by atoms with Gasteiger partial charge in [-0.25, -0.2) is 8.91 Å². The standard InChI is InChI=1S/C13H14FN3O.2C2H6/c1-2-9-7-16(8-9)13(18)12-5-3-4-11-10(14)6-15-17(11)12;2*1-2/h3-6,9H,2,7-8H2,1H3;2*1-2H3. The minimum atomic E-state index is -0.403. The lowest BCUT2D eigenvalue weighted by Crippen LogP contribution is -2.50. The van der Waals surface area contributed by atoms with Crippen LogP contribution in [0, 0.1) is 11.7 Å². The van der Waals surface area contributed by atoms with E-state index < -0.39 is 5.82 Å². The van der Waals surface area contributed by atoms with Crippen LogP contribution in [0.2, 0.25) is 0 Å². The molecule has 122 valence electrons. The van der Waals surface area contributed by atoms with E-state index in [1.54, 1.807) is 23.1 Å². The maximum atomic E-state index is 13.4. The summed E-state index contributed by atoms with van der Waals surface area (Å²) in [4.78, 5) is 14.0. The molecule has 0 aromatic carbocycles. The molecular formula is C17H26FN3O. The fraction of sp³-hybridized carbons (Fsp3) is 0.529. The summed E-state index contributed by atoms with van der Waals surface area (Å²) in [5.41, 5.74) is 0.763. The van der Waals surface area contributed by atoms with Gasteiger partial charge in [-0.2, -0.15) is 5.10 Å². The molecule has 5 heteroatoms. The predicted octanol–water partition coefficient (Wildman–Crippen LogP) is 4.01. The number of hydrogen-bond donors (Lipinski definition) is 0. The molecule has 0 N–H and O–H groups in total. The molecule has 0 unspecified atom stereocenters. The summed E-state index contributed by atoms with van der Waals surface area (Å²) in [5, 5.41) is 3.91. The summed E-state index contributed by atoms with van der Waals surface area (Å²) >= 11 is 0. The molecule has 3 heterocycles. The van der Waals surface area contributed by atoms with Crippen LogP contribution < -0.4 is 0 Å². The number of hydrogen-bond acceptors (Lipinski definition) is 2. The van der Waals surface area contributed by atoms with Gasteiger partial charge in [0.15, 0.2) is 5.82 Å².